The lowest BCUT2D eigenvalue weighted by atomic mass is 10.2. The number of aryl methyl sites for hydroxylation is 1. The van der Waals surface area contributed by atoms with Crippen LogP contribution < -0.4 is 4.74 Å². The Labute approximate surface area is 122 Å². The van der Waals surface area contributed by atoms with Gasteiger partial charge in [-0.15, -0.1) is 0 Å². The Bertz CT molecular complexity index is 595. The van der Waals surface area contributed by atoms with Crippen LogP contribution in [0.5, 0.6) is 5.75 Å². The van der Waals surface area contributed by atoms with E-state index in [-0.39, 0.29) is 6.61 Å². The van der Waals surface area contributed by atoms with E-state index in [1.54, 1.807) is 16.8 Å². The molecule has 21 heavy (non-hydrogen) atoms. The highest BCUT2D eigenvalue weighted by Crippen LogP contribution is 2.14. The Kier molecular flexibility index (Phi) is 4.89. The van der Waals surface area contributed by atoms with Crippen LogP contribution in [0.2, 0.25) is 0 Å². The first kappa shape index (κ1) is 15.0. The Morgan fingerprint density at radius 2 is 2.05 bits per heavy atom. The van der Waals surface area contributed by atoms with Crippen molar-refractivity contribution in [2.45, 2.75) is 13.1 Å². The minimum absolute atomic E-state index is 0.328. The van der Waals surface area contributed by atoms with Crippen molar-refractivity contribution >= 4 is 5.97 Å². The van der Waals surface area contributed by atoms with E-state index in [2.05, 4.69) is 15.0 Å². The van der Waals surface area contributed by atoms with Crippen LogP contribution >= 0.6 is 0 Å². The molecule has 1 aromatic heterocycles. The molecule has 112 valence electrons. The normalized spacial score (nSPS) is 10.8. The molecule has 2 rings (SSSR count). The molecule has 0 aliphatic rings. The van der Waals surface area contributed by atoms with E-state index >= 15 is 0 Å². The average Bonchev–Trinajstić information content (AvgIpc) is 2.83. The summed E-state index contributed by atoms with van der Waals surface area (Å²) in [6, 6.07) is 7.39. The molecular formula is C14H18N4O3. The number of hydrogen-bond donors (Lipinski definition) is 1. The average molecular weight is 290 g/mol. The van der Waals surface area contributed by atoms with Crippen LogP contribution in [0.1, 0.15) is 11.4 Å². The number of carboxylic acids is 1. The van der Waals surface area contributed by atoms with Gasteiger partial charge in [0, 0.05) is 13.6 Å². The van der Waals surface area contributed by atoms with Gasteiger partial charge in [-0.3, -0.25) is 9.58 Å². The fourth-order valence-corrected chi connectivity index (χ4v) is 1.91. The summed E-state index contributed by atoms with van der Waals surface area (Å²) in [6.07, 6.45) is 1.54. The Balaban J connectivity index is 1.87. The lowest BCUT2D eigenvalue weighted by Crippen LogP contribution is -2.19. The Hall–Kier alpha value is -2.41. The van der Waals surface area contributed by atoms with E-state index in [0.717, 1.165) is 17.9 Å². The van der Waals surface area contributed by atoms with Crippen molar-refractivity contribution in [1.29, 1.82) is 0 Å². The number of benzene rings is 1. The van der Waals surface area contributed by atoms with Crippen molar-refractivity contribution in [3.8, 4) is 5.75 Å². The lowest BCUT2D eigenvalue weighted by molar-refractivity contribution is -0.139. The smallest absolute Gasteiger partial charge is 0.341 e. The van der Waals surface area contributed by atoms with E-state index in [9.17, 15) is 4.79 Å². The van der Waals surface area contributed by atoms with Crippen LogP contribution in [0.3, 0.4) is 0 Å². The largest absolute Gasteiger partial charge is 0.482 e. The summed E-state index contributed by atoms with van der Waals surface area (Å²) >= 11 is 0. The van der Waals surface area contributed by atoms with E-state index < -0.39 is 5.97 Å². The predicted molar refractivity (Wildman–Crippen MR) is 75.7 cm³/mol. The number of carboxylic acid groups (broad SMARTS) is 1. The minimum atomic E-state index is -0.984. The molecule has 2 aromatic rings. The summed E-state index contributed by atoms with van der Waals surface area (Å²) in [5.41, 5.74) is 1.11. The second-order valence-electron chi connectivity index (χ2n) is 4.80. The molecule has 0 aliphatic heterocycles. The monoisotopic (exact) mass is 290 g/mol. The molecule has 7 heteroatoms. The van der Waals surface area contributed by atoms with Gasteiger partial charge in [-0.05, 0) is 24.7 Å². The SMILES string of the molecule is CN(Cc1ccc(OCC(=O)O)cc1)Cc1ncnn1C. The minimum Gasteiger partial charge on any atom is -0.482 e. The number of carbonyl (C=O) groups is 1. The van der Waals surface area contributed by atoms with Crippen molar-refractivity contribution in [2.75, 3.05) is 13.7 Å². The van der Waals surface area contributed by atoms with Crippen LogP contribution in [-0.4, -0.2) is 44.4 Å². The van der Waals surface area contributed by atoms with Gasteiger partial charge in [0.25, 0.3) is 0 Å². The fraction of sp³-hybridized carbons (Fsp3) is 0.357. The maximum absolute atomic E-state index is 10.4. The van der Waals surface area contributed by atoms with Crippen molar-refractivity contribution in [2.24, 2.45) is 7.05 Å². The molecule has 1 aromatic carbocycles. The number of aromatic nitrogens is 3. The third-order valence-corrected chi connectivity index (χ3v) is 2.95. The first-order chi connectivity index (χ1) is 10.0. The molecule has 0 saturated carbocycles. The molecule has 0 aliphatic carbocycles. The highest BCUT2D eigenvalue weighted by molar-refractivity contribution is 5.68. The second kappa shape index (κ2) is 6.85. The summed E-state index contributed by atoms with van der Waals surface area (Å²) in [5, 5.41) is 12.6. The highest BCUT2D eigenvalue weighted by Gasteiger charge is 2.06. The van der Waals surface area contributed by atoms with Gasteiger partial charge in [-0.2, -0.15) is 5.10 Å². The summed E-state index contributed by atoms with van der Waals surface area (Å²) in [6.45, 7) is 1.13. The molecule has 0 radical (unpaired) electrons. The van der Waals surface area contributed by atoms with Gasteiger partial charge < -0.3 is 9.84 Å². The quantitative estimate of drug-likeness (QED) is 0.816. The van der Waals surface area contributed by atoms with Crippen LogP contribution in [0.25, 0.3) is 0 Å². The number of hydrogen-bond acceptors (Lipinski definition) is 5. The molecule has 7 nitrogen and oxygen atoms in total. The standard InChI is InChI=1S/C14H18N4O3/c1-17(8-13-15-10-16-18(13)2)7-11-3-5-12(6-4-11)21-9-14(19)20/h3-6,10H,7-9H2,1-2H3,(H,19,20). The van der Waals surface area contributed by atoms with Crippen molar-refractivity contribution in [1.82, 2.24) is 19.7 Å². The Morgan fingerprint density at radius 1 is 1.33 bits per heavy atom. The molecule has 0 fully saturated rings. The summed E-state index contributed by atoms with van der Waals surface area (Å²) in [5.74, 6) is 0.471. The third kappa shape index (κ3) is 4.57. The van der Waals surface area contributed by atoms with E-state index in [1.165, 1.54) is 6.33 Å². The maximum atomic E-state index is 10.4. The number of aliphatic carboxylic acids is 1. The summed E-state index contributed by atoms with van der Waals surface area (Å²) in [4.78, 5) is 16.7. The number of rotatable bonds is 7. The van der Waals surface area contributed by atoms with Crippen molar-refractivity contribution < 1.29 is 14.6 Å². The molecule has 0 atom stereocenters. The van der Waals surface area contributed by atoms with E-state index in [0.29, 0.717) is 12.3 Å². The molecule has 0 saturated heterocycles. The Morgan fingerprint density at radius 3 is 2.62 bits per heavy atom. The van der Waals surface area contributed by atoms with E-state index in [1.807, 2.05) is 26.2 Å². The molecule has 0 amide bonds. The number of ether oxygens (including phenoxy) is 1. The van der Waals surface area contributed by atoms with Gasteiger partial charge in [0.15, 0.2) is 6.61 Å². The fourth-order valence-electron chi connectivity index (χ4n) is 1.91. The first-order valence-electron chi connectivity index (χ1n) is 6.49. The van der Waals surface area contributed by atoms with Gasteiger partial charge in [0.1, 0.15) is 17.9 Å². The maximum Gasteiger partial charge on any atom is 0.341 e. The molecule has 1 heterocycles. The molecule has 1 N–H and O–H groups in total. The van der Waals surface area contributed by atoms with Gasteiger partial charge in [-0.25, -0.2) is 9.78 Å². The molecular weight excluding hydrogens is 272 g/mol. The second-order valence-corrected chi connectivity index (χ2v) is 4.80. The zero-order valence-corrected chi connectivity index (χ0v) is 12.1. The number of nitrogens with zero attached hydrogens (tertiary/aromatic N) is 4. The molecule has 0 spiro atoms. The van der Waals surface area contributed by atoms with Crippen molar-refractivity contribution in [3.63, 3.8) is 0 Å². The van der Waals surface area contributed by atoms with Gasteiger partial charge in [-0.1, -0.05) is 12.1 Å². The zero-order valence-electron chi connectivity index (χ0n) is 12.1. The van der Waals surface area contributed by atoms with Gasteiger partial charge >= 0.3 is 5.97 Å². The van der Waals surface area contributed by atoms with Crippen LogP contribution in [0.4, 0.5) is 0 Å². The van der Waals surface area contributed by atoms with Gasteiger partial charge in [0.05, 0.1) is 6.54 Å². The third-order valence-electron chi connectivity index (χ3n) is 2.95. The van der Waals surface area contributed by atoms with Crippen LogP contribution in [0, 0.1) is 0 Å². The lowest BCUT2D eigenvalue weighted by Gasteiger charge is -2.16. The predicted octanol–water partition coefficient (Wildman–Crippen LogP) is 0.911. The zero-order chi connectivity index (χ0) is 15.2. The topological polar surface area (TPSA) is 80.5 Å². The van der Waals surface area contributed by atoms with Gasteiger partial charge in [0.2, 0.25) is 0 Å². The van der Waals surface area contributed by atoms with Crippen LogP contribution in [0.15, 0.2) is 30.6 Å². The van der Waals surface area contributed by atoms with Crippen molar-refractivity contribution in [3.05, 3.63) is 42.0 Å². The summed E-state index contributed by atoms with van der Waals surface area (Å²) in [7, 11) is 3.87. The summed E-state index contributed by atoms with van der Waals surface area (Å²) < 4.78 is 6.84. The highest BCUT2D eigenvalue weighted by atomic mass is 16.5. The molecule has 0 bridgehead atoms. The van der Waals surface area contributed by atoms with E-state index in [4.69, 9.17) is 9.84 Å². The first-order valence-corrected chi connectivity index (χ1v) is 6.49. The van der Waals surface area contributed by atoms with Crippen LogP contribution in [-0.2, 0) is 24.9 Å². The molecule has 0 unspecified atom stereocenters.